The van der Waals surface area contributed by atoms with Gasteiger partial charge in [-0.3, -0.25) is 10.9 Å². The molecule has 0 radical (unpaired) electrons. The van der Waals surface area contributed by atoms with Crippen molar-refractivity contribution in [2.75, 3.05) is 25.0 Å². The standard InChI is InChI=1S/C11H17N3O5S2/c1-7-5-9(20(3,16)17)10(21(4,18)19)6-8(7)13-14-11(15)12-2/h5-6,13H,1-4H3,(H2,12,14,15). The van der Waals surface area contributed by atoms with E-state index in [4.69, 9.17) is 0 Å². The van der Waals surface area contributed by atoms with Gasteiger partial charge in [0.1, 0.15) is 0 Å². The lowest BCUT2D eigenvalue weighted by Gasteiger charge is -2.14. The van der Waals surface area contributed by atoms with Gasteiger partial charge in [0.2, 0.25) is 0 Å². The molecule has 1 aromatic rings. The Morgan fingerprint density at radius 2 is 1.48 bits per heavy atom. The van der Waals surface area contributed by atoms with Gasteiger partial charge >= 0.3 is 6.03 Å². The Bertz CT molecular complexity index is 769. The van der Waals surface area contributed by atoms with Crippen LogP contribution in [0.4, 0.5) is 10.5 Å². The minimum atomic E-state index is -3.75. The predicted octanol–water partition coefficient (Wildman–Crippen LogP) is 0.0579. The molecule has 0 unspecified atom stereocenters. The summed E-state index contributed by atoms with van der Waals surface area (Å²) in [4.78, 5) is 10.5. The Kier molecular flexibility index (Phi) is 4.84. The van der Waals surface area contributed by atoms with E-state index < -0.39 is 25.7 Å². The first-order valence-corrected chi connectivity index (χ1v) is 9.53. The van der Waals surface area contributed by atoms with Crippen LogP contribution in [0.15, 0.2) is 21.9 Å². The van der Waals surface area contributed by atoms with Crippen LogP contribution in [0.25, 0.3) is 0 Å². The zero-order valence-corrected chi connectivity index (χ0v) is 13.6. The predicted molar refractivity (Wildman–Crippen MR) is 78.6 cm³/mol. The number of rotatable bonds is 4. The van der Waals surface area contributed by atoms with E-state index in [1.54, 1.807) is 6.92 Å². The van der Waals surface area contributed by atoms with Gasteiger partial charge in [0.25, 0.3) is 0 Å². The smallest absolute Gasteiger partial charge is 0.333 e. The number of nitrogens with one attached hydrogen (secondary N) is 3. The molecule has 0 aliphatic carbocycles. The van der Waals surface area contributed by atoms with E-state index in [0.717, 1.165) is 12.5 Å². The number of carbonyl (C=O) groups is 1. The fraction of sp³-hybridized carbons (Fsp3) is 0.364. The van der Waals surface area contributed by atoms with E-state index in [1.165, 1.54) is 19.2 Å². The summed E-state index contributed by atoms with van der Waals surface area (Å²) >= 11 is 0. The average Bonchev–Trinajstić information content (AvgIpc) is 2.33. The maximum atomic E-state index is 11.8. The summed E-state index contributed by atoms with van der Waals surface area (Å²) in [6.45, 7) is 1.59. The zero-order valence-electron chi connectivity index (χ0n) is 12.0. The van der Waals surface area contributed by atoms with E-state index in [1.807, 2.05) is 0 Å². The highest BCUT2D eigenvalue weighted by Crippen LogP contribution is 2.27. The molecule has 1 rings (SSSR count). The lowest BCUT2D eigenvalue weighted by Crippen LogP contribution is -2.37. The highest BCUT2D eigenvalue weighted by atomic mass is 32.2. The first-order valence-electron chi connectivity index (χ1n) is 5.75. The quantitative estimate of drug-likeness (QED) is 0.669. The van der Waals surface area contributed by atoms with Gasteiger partial charge in [0.05, 0.1) is 15.5 Å². The molecule has 1 aromatic carbocycles. The van der Waals surface area contributed by atoms with E-state index in [9.17, 15) is 21.6 Å². The molecule has 3 N–H and O–H groups in total. The van der Waals surface area contributed by atoms with Gasteiger partial charge in [-0.2, -0.15) is 0 Å². The molecule has 0 heterocycles. The van der Waals surface area contributed by atoms with E-state index in [2.05, 4.69) is 16.2 Å². The molecular formula is C11H17N3O5S2. The Balaban J connectivity index is 3.43. The fourth-order valence-corrected chi connectivity index (χ4v) is 4.04. The number of urea groups is 1. The molecule has 0 atom stereocenters. The van der Waals surface area contributed by atoms with Crippen molar-refractivity contribution in [3.8, 4) is 0 Å². The van der Waals surface area contributed by atoms with Crippen LogP contribution in [0, 0.1) is 6.92 Å². The van der Waals surface area contributed by atoms with Crippen molar-refractivity contribution in [1.82, 2.24) is 10.7 Å². The summed E-state index contributed by atoms with van der Waals surface area (Å²) in [5, 5.41) is 2.31. The van der Waals surface area contributed by atoms with Crippen LogP contribution in [0.1, 0.15) is 5.56 Å². The van der Waals surface area contributed by atoms with Crippen LogP contribution in [-0.2, 0) is 19.7 Å². The molecule has 0 fully saturated rings. The Hall–Kier alpha value is -1.81. The maximum absolute atomic E-state index is 11.8. The highest BCUT2D eigenvalue weighted by molar-refractivity contribution is 7.93. The van der Waals surface area contributed by atoms with Gasteiger partial charge in [-0.25, -0.2) is 21.6 Å². The zero-order chi connectivity index (χ0) is 16.4. The van der Waals surface area contributed by atoms with E-state index in [0.29, 0.717) is 5.56 Å². The monoisotopic (exact) mass is 335 g/mol. The molecule has 21 heavy (non-hydrogen) atoms. The molecule has 0 spiro atoms. The average molecular weight is 335 g/mol. The van der Waals surface area contributed by atoms with Gasteiger partial charge in [0.15, 0.2) is 19.7 Å². The highest BCUT2D eigenvalue weighted by Gasteiger charge is 2.22. The van der Waals surface area contributed by atoms with Crippen LogP contribution in [0.5, 0.6) is 0 Å². The van der Waals surface area contributed by atoms with Crippen LogP contribution >= 0.6 is 0 Å². The number of sulfone groups is 2. The molecule has 0 saturated carbocycles. The van der Waals surface area contributed by atoms with Crippen molar-refractivity contribution in [2.45, 2.75) is 16.7 Å². The van der Waals surface area contributed by atoms with Crippen LogP contribution in [-0.4, -0.2) is 42.4 Å². The van der Waals surface area contributed by atoms with Gasteiger partial charge in [0, 0.05) is 19.6 Å². The SMILES string of the molecule is CNC(=O)NNc1cc(S(C)(=O)=O)c(S(C)(=O)=O)cc1C. The fourth-order valence-electron chi connectivity index (χ4n) is 1.56. The molecule has 118 valence electrons. The van der Waals surface area contributed by atoms with Crippen molar-refractivity contribution >= 4 is 31.4 Å². The number of hydrazine groups is 1. The Labute approximate surface area is 123 Å². The van der Waals surface area contributed by atoms with Gasteiger partial charge in [-0.15, -0.1) is 0 Å². The topological polar surface area (TPSA) is 121 Å². The second kappa shape index (κ2) is 5.90. The summed E-state index contributed by atoms with van der Waals surface area (Å²) in [6, 6.07) is 1.90. The summed E-state index contributed by atoms with van der Waals surface area (Å²) in [7, 11) is -6.03. The van der Waals surface area contributed by atoms with E-state index in [-0.39, 0.29) is 15.5 Å². The van der Waals surface area contributed by atoms with Crippen molar-refractivity contribution in [2.24, 2.45) is 0 Å². The third-order valence-corrected chi connectivity index (χ3v) is 5.03. The second-order valence-electron chi connectivity index (χ2n) is 4.49. The van der Waals surface area contributed by atoms with Gasteiger partial charge in [-0.05, 0) is 24.6 Å². The third-order valence-electron chi connectivity index (χ3n) is 2.63. The minimum Gasteiger partial charge on any atom is -0.340 e. The van der Waals surface area contributed by atoms with Gasteiger partial charge < -0.3 is 5.32 Å². The molecule has 0 saturated heterocycles. The first-order chi connectivity index (χ1) is 9.46. The Morgan fingerprint density at radius 3 is 1.90 bits per heavy atom. The molecule has 0 aliphatic rings. The van der Waals surface area contributed by atoms with Crippen molar-refractivity contribution in [1.29, 1.82) is 0 Å². The summed E-state index contributed by atoms with van der Waals surface area (Å²) in [5.41, 5.74) is 5.57. The summed E-state index contributed by atoms with van der Waals surface area (Å²) in [5.74, 6) is 0. The normalized spacial score (nSPS) is 11.8. The second-order valence-corrected chi connectivity index (χ2v) is 8.46. The number of benzene rings is 1. The number of hydrogen-bond donors (Lipinski definition) is 3. The number of aryl methyl sites for hydroxylation is 1. The van der Waals surface area contributed by atoms with Crippen molar-refractivity contribution in [3.05, 3.63) is 17.7 Å². The summed E-state index contributed by atoms with van der Waals surface area (Å²) in [6.07, 6.45) is 1.86. The largest absolute Gasteiger partial charge is 0.340 e. The Morgan fingerprint density at radius 1 is 1.00 bits per heavy atom. The molecule has 8 nitrogen and oxygen atoms in total. The van der Waals surface area contributed by atoms with Crippen LogP contribution in [0.3, 0.4) is 0 Å². The number of carbonyl (C=O) groups excluding carboxylic acids is 1. The molecular weight excluding hydrogens is 318 g/mol. The summed E-state index contributed by atoms with van der Waals surface area (Å²) < 4.78 is 47.0. The third kappa shape index (κ3) is 4.33. The first kappa shape index (κ1) is 17.2. The minimum absolute atomic E-state index is 0.270. The molecule has 10 heteroatoms. The number of hydrogen-bond acceptors (Lipinski definition) is 6. The van der Waals surface area contributed by atoms with Crippen molar-refractivity contribution < 1.29 is 21.6 Å². The van der Waals surface area contributed by atoms with E-state index >= 15 is 0 Å². The number of amides is 2. The number of anilines is 1. The van der Waals surface area contributed by atoms with Gasteiger partial charge in [-0.1, -0.05) is 0 Å². The van der Waals surface area contributed by atoms with Crippen LogP contribution in [0.2, 0.25) is 0 Å². The maximum Gasteiger partial charge on any atom is 0.333 e. The lowest BCUT2D eigenvalue weighted by atomic mass is 10.2. The molecule has 2 amide bonds. The molecule has 0 bridgehead atoms. The molecule has 0 aromatic heterocycles. The molecule has 0 aliphatic heterocycles. The lowest BCUT2D eigenvalue weighted by molar-refractivity contribution is 0.245. The van der Waals surface area contributed by atoms with Crippen molar-refractivity contribution in [3.63, 3.8) is 0 Å². The van der Waals surface area contributed by atoms with Crippen LogP contribution < -0.4 is 16.2 Å².